The van der Waals surface area contributed by atoms with Gasteiger partial charge in [0.2, 0.25) is 0 Å². The van der Waals surface area contributed by atoms with Crippen molar-refractivity contribution in [2.75, 3.05) is 6.61 Å². The summed E-state index contributed by atoms with van der Waals surface area (Å²) in [7, 11) is 0. The lowest BCUT2D eigenvalue weighted by Crippen LogP contribution is -2.09. The van der Waals surface area contributed by atoms with E-state index in [2.05, 4.69) is 9.97 Å². The molecule has 1 N–H and O–H groups in total. The van der Waals surface area contributed by atoms with E-state index in [1.54, 1.807) is 0 Å². The highest BCUT2D eigenvalue weighted by Crippen LogP contribution is 2.23. The molecule has 0 aliphatic carbocycles. The summed E-state index contributed by atoms with van der Waals surface area (Å²) in [5.41, 5.74) is 4.60. The van der Waals surface area contributed by atoms with E-state index < -0.39 is 0 Å². The van der Waals surface area contributed by atoms with Gasteiger partial charge in [-0.3, -0.25) is 4.79 Å². The number of fused-ring (bicyclic) bond motifs is 1. The minimum absolute atomic E-state index is 0.133. The van der Waals surface area contributed by atoms with Crippen molar-refractivity contribution >= 4 is 10.9 Å². The van der Waals surface area contributed by atoms with Gasteiger partial charge in [0.05, 0.1) is 17.5 Å². The Labute approximate surface area is 157 Å². The van der Waals surface area contributed by atoms with Crippen LogP contribution in [0.1, 0.15) is 12.5 Å². The van der Waals surface area contributed by atoms with Gasteiger partial charge in [0.25, 0.3) is 5.56 Å². The molecule has 4 heteroatoms. The first-order chi connectivity index (χ1) is 13.2. The van der Waals surface area contributed by atoms with Gasteiger partial charge >= 0.3 is 0 Å². The van der Waals surface area contributed by atoms with Crippen molar-refractivity contribution in [1.29, 1.82) is 0 Å². The summed E-state index contributed by atoms with van der Waals surface area (Å²) in [6.07, 6.45) is 0. The second-order valence-electron chi connectivity index (χ2n) is 6.35. The van der Waals surface area contributed by atoms with Crippen LogP contribution >= 0.6 is 0 Å². The molecule has 0 atom stereocenters. The van der Waals surface area contributed by atoms with Crippen molar-refractivity contribution in [2.24, 2.45) is 0 Å². The van der Waals surface area contributed by atoms with Crippen LogP contribution in [0.25, 0.3) is 33.4 Å². The van der Waals surface area contributed by atoms with Crippen LogP contribution in [0.3, 0.4) is 0 Å². The number of aromatic amines is 1. The molecule has 3 aromatic carbocycles. The van der Waals surface area contributed by atoms with Crippen molar-refractivity contribution in [3.8, 4) is 22.5 Å². The van der Waals surface area contributed by atoms with Gasteiger partial charge in [-0.15, -0.1) is 0 Å². The fraction of sp³-hybridized carbons (Fsp3) is 0.130. The van der Waals surface area contributed by atoms with Crippen LogP contribution in [0.2, 0.25) is 0 Å². The minimum Gasteiger partial charge on any atom is -0.377 e. The average Bonchev–Trinajstić information content (AvgIpc) is 2.73. The molecule has 0 saturated carbocycles. The monoisotopic (exact) mass is 356 g/mol. The second kappa shape index (κ2) is 7.56. The third kappa shape index (κ3) is 3.66. The second-order valence-corrected chi connectivity index (χ2v) is 6.35. The lowest BCUT2D eigenvalue weighted by molar-refractivity contribution is 0.134. The lowest BCUT2D eigenvalue weighted by Gasteiger charge is -2.07. The normalized spacial score (nSPS) is 11.0. The predicted octanol–water partition coefficient (Wildman–Crippen LogP) is 4.79. The topological polar surface area (TPSA) is 55.0 Å². The third-order valence-corrected chi connectivity index (χ3v) is 4.51. The molecule has 1 aromatic heterocycles. The maximum Gasteiger partial charge on any atom is 0.259 e. The number of hydrogen-bond acceptors (Lipinski definition) is 3. The molecule has 0 aliphatic heterocycles. The van der Waals surface area contributed by atoms with Crippen molar-refractivity contribution in [3.63, 3.8) is 0 Å². The molecule has 4 rings (SSSR count). The summed E-state index contributed by atoms with van der Waals surface area (Å²) >= 11 is 0. The van der Waals surface area contributed by atoms with E-state index in [-0.39, 0.29) is 5.56 Å². The van der Waals surface area contributed by atoms with Gasteiger partial charge in [-0.1, -0.05) is 60.7 Å². The molecule has 0 radical (unpaired) electrons. The Morgan fingerprint density at radius 2 is 1.63 bits per heavy atom. The van der Waals surface area contributed by atoms with Crippen molar-refractivity contribution < 1.29 is 4.74 Å². The summed E-state index contributed by atoms with van der Waals surface area (Å²) in [4.78, 5) is 20.2. The van der Waals surface area contributed by atoms with Crippen LogP contribution in [0.4, 0.5) is 0 Å². The van der Waals surface area contributed by atoms with Crippen molar-refractivity contribution in [3.05, 3.63) is 88.7 Å². The van der Waals surface area contributed by atoms with Crippen LogP contribution in [0, 0.1) is 0 Å². The first kappa shape index (κ1) is 17.2. The SMILES string of the molecule is CCOCc1ccc(-c2nc3ccc(-c4ccccc4)cc3c(=O)[nH]2)cc1. The van der Waals surface area contributed by atoms with Crippen LogP contribution in [-0.4, -0.2) is 16.6 Å². The summed E-state index contributed by atoms with van der Waals surface area (Å²) in [5.74, 6) is 0.572. The fourth-order valence-corrected chi connectivity index (χ4v) is 3.06. The number of nitrogens with zero attached hydrogens (tertiary/aromatic N) is 1. The highest BCUT2D eigenvalue weighted by atomic mass is 16.5. The Kier molecular flexibility index (Phi) is 4.81. The number of nitrogens with one attached hydrogen (secondary N) is 1. The van der Waals surface area contributed by atoms with Gasteiger partial charge in [-0.05, 0) is 35.7 Å². The molecule has 0 fully saturated rings. The van der Waals surface area contributed by atoms with E-state index in [9.17, 15) is 4.79 Å². The largest absolute Gasteiger partial charge is 0.377 e. The molecular weight excluding hydrogens is 336 g/mol. The van der Waals surface area contributed by atoms with Crippen LogP contribution in [0.15, 0.2) is 77.6 Å². The van der Waals surface area contributed by atoms with Crippen LogP contribution in [-0.2, 0) is 11.3 Å². The molecule has 0 aliphatic rings. The zero-order chi connectivity index (χ0) is 18.6. The first-order valence-corrected chi connectivity index (χ1v) is 9.01. The van der Waals surface area contributed by atoms with E-state index in [4.69, 9.17) is 4.74 Å². The summed E-state index contributed by atoms with van der Waals surface area (Å²) in [6, 6.07) is 23.7. The predicted molar refractivity (Wildman–Crippen MR) is 109 cm³/mol. The molecule has 134 valence electrons. The number of ether oxygens (including phenoxy) is 1. The molecule has 0 unspecified atom stereocenters. The maximum atomic E-state index is 12.6. The van der Waals surface area contributed by atoms with E-state index in [0.717, 1.165) is 22.3 Å². The van der Waals surface area contributed by atoms with Gasteiger partial charge in [0, 0.05) is 12.2 Å². The fourth-order valence-electron chi connectivity index (χ4n) is 3.06. The highest BCUT2D eigenvalue weighted by Gasteiger charge is 2.08. The highest BCUT2D eigenvalue weighted by molar-refractivity contribution is 5.84. The summed E-state index contributed by atoms with van der Waals surface area (Å²) in [6.45, 7) is 3.24. The van der Waals surface area contributed by atoms with E-state index in [1.807, 2.05) is 79.7 Å². The number of aromatic nitrogens is 2. The van der Waals surface area contributed by atoms with Gasteiger partial charge in [0.1, 0.15) is 5.82 Å². The van der Waals surface area contributed by atoms with Gasteiger partial charge < -0.3 is 9.72 Å². The molecule has 0 amide bonds. The molecule has 4 aromatic rings. The quantitative estimate of drug-likeness (QED) is 0.559. The summed E-state index contributed by atoms with van der Waals surface area (Å²) in [5, 5.41) is 0.591. The Morgan fingerprint density at radius 1 is 0.889 bits per heavy atom. The number of hydrogen-bond donors (Lipinski definition) is 1. The van der Waals surface area contributed by atoms with Crippen LogP contribution in [0.5, 0.6) is 0 Å². The molecule has 0 saturated heterocycles. The zero-order valence-corrected chi connectivity index (χ0v) is 15.1. The Morgan fingerprint density at radius 3 is 2.37 bits per heavy atom. The first-order valence-electron chi connectivity index (χ1n) is 9.01. The number of rotatable bonds is 5. The van der Waals surface area contributed by atoms with E-state index in [1.165, 1.54) is 0 Å². The molecule has 0 bridgehead atoms. The molecule has 4 nitrogen and oxygen atoms in total. The van der Waals surface area contributed by atoms with Crippen molar-refractivity contribution in [1.82, 2.24) is 9.97 Å². The van der Waals surface area contributed by atoms with Crippen LogP contribution < -0.4 is 5.56 Å². The van der Waals surface area contributed by atoms with E-state index in [0.29, 0.717) is 29.9 Å². The Balaban J connectivity index is 1.71. The van der Waals surface area contributed by atoms with Gasteiger partial charge in [-0.2, -0.15) is 0 Å². The van der Waals surface area contributed by atoms with Crippen molar-refractivity contribution in [2.45, 2.75) is 13.5 Å². The molecule has 27 heavy (non-hydrogen) atoms. The molecular formula is C23H20N2O2. The smallest absolute Gasteiger partial charge is 0.259 e. The Hall–Kier alpha value is -3.24. The number of benzene rings is 3. The third-order valence-electron chi connectivity index (χ3n) is 4.51. The Bertz CT molecular complexity index is 1120. The maximum absolute atomic E-state index is 12.6. The molecule has 1 heterocycles. The van der Waals surface area contributed by atoms with Gasteiger partial charge in [0.15, 0.2) is 0 Å². The lowest BCUT2D eigenvalue weighted by atomic mass is 10.0. The standard InChI is InChI=1S/C23H20N2O2/c1-2-27-15-16-8-10-18(11-9-16)22-24-21-13-12-19(14-20(21)23(26)25-22)17-6-4-3-5-7-17/h3-14H,2,15H2,1H3,(H,24,25,26). The zero-order valence-electron chi connectivity index (χ0n) is 15.1. The number of H-pyrrole nitrogens is 1. The summed E-state index contributed by atoms with van der Waals surface area (Å²) < 4.78 is 5.42. The minimum atomic E-state index is -0.133. The average molecular weight is 356 g/mol. The van der Waals surface area contributed by atoms with Gasteiger partial charge in [-0.25, -0.2) is 4.98 Å². The molecule has 0 spiro atoms. The van der Waals surface area contributed by atoms with E-state index >= 15 is 0 Å².